The number of halogens is 2. The molecule has 2 aromatic carbocycles. The number of rotatable bonds is 7. The Kier molecular flexibility index (Phi) is 6.61. The van der Waals surface area contributed by atoms with Gasteiger partial charge in [-0.15, -0.1) is 28.4 Å². The first-order chi connectivity index (χ1) is 11.0. The average molecular weight is 352 g/mol. The van der Waals surface area contributed by atoms with E-state index in [2.05, 4.69) is 6.20 Å². The highest BCUT2D eigenvalue weighted by atomic mass is 32.2. The molecular formula is C16H12F2NO2S2-. The molecular weight excluding hydrogens is 340 g/mol. The van der Waals surface area contributed by atoms with Crippen LogP contribution in [0.3, 0.4) is 0 Å². The molecule has 2 aromatic rings. The number of benzene rings is 2. The van der Waals surface area contributed by atoms with Crippen molar-refractivity contribution in [3.8, 4) is 0 Å². The van der Waals surface area contributed by atoms with Crippen LogP contribution < -0.4 is 0 Å². The maximum absolute atomic E-state index is 12.8. The van der Waals surface area contributed by atoms with Gasteiger partial charge in [-0.05, 0) is 35.4 Å². The quantitative estimate of drug-likeness (QED) is 0.304. The smallest absolute Gasteiger partial charge is 0.123 e. The van der Waals surface area contributed by atoms with E-state index >= 15 is 0 Å². The van der Waals surface area contributed by atoms with Gasteiger partial charge in [0.25, 0.3) is 0 Å². The van der Waals surface area contributed by atoms with E-state index in [0.29, 0.717) is 15.7 Å². The number of thioether (sulfide) groups is 2. The minimum absolute atomic E-state index is 0.322. The number of hydrogen-bond acceptors (Lipinski definition) is 4. The van der Waals surface area contributed by atoms with Crippen molar-refractivity contribution in [2.45, 2.75) is 11.5 Å². The summed E-state index contributed by atoms with van der Waals surface area (Å²) in [6.45, 7) is 0. The van der Waals surface area contributed by atoms with E-state index in [0.717, 1.165) is 11.1 Å². The monoisotopic (exact) mass is 352 g/mol. The lowest BCUT2D eigenvalue weighted by Crippen LogP contribution is -1.90. The molecule has 3 nitrogen and oxygen atoms in total. The fraction of sp³-hybridized carbons (Fsp3) is 0.125. The van der Waals surface area contributed by atoms with E-state index in [-0.39, 0.29) is 11.6 Å². The Hall–Kier alpha value is -1.86. The van der Waals surface area contributed by atoms with E-state index in [9.17, 15) is 18.9 Å². The Morgan fingerprint density at radius 1 is 0.913 bits per heavy atom. The van der Waals surface area contributed by atoms with Gasteiger partial charge < -0.3 is 0 Å². The molecule has 0 saturated heterocycles. The maximum atomic E-state index is 12.8. The molecule has 0 N–H and O–H groups in total. The van der Waals surface area contributed by atoms with Gasteiger partial charge in [-0.3, -0.25) is 10.1 Å². The van der Waals surface area contributed by atoms with Crippen LogP contribution >= 0.6 is 23.5 Å². The van der Waals surface area contributed by atoms with Crippen molar-refractivity contribution < 1.29 is 13.7 Å². The van der Waals surface area contributed by atoms with Crippen molar-refractivity contribution in [2.24, 2.45) is 0 Å². The van der Waals surface area contributed by atoms with Gasteiger partial charge in [-0.25, -0.2) is 8.78 Å². The Labute approximate surface area is 140 Å². The second-order valence-electron chi connectivity index (χ2n) is 4.49. The van der Waals surface area contributed by atoms with E-state index in [1.54, 1.807) is 24.3 Å². The Balaban J connectivity index is 1.95. The summed E-state index contributed by atoms with van der Waals surface area (Å²) in [4.78, 5) is 10.0. The summed E-state index contributed by atoms with van der Waals surface area (Å²) in [5.41, 5.74) is 1.72. The molecule has 120 valence electrons. The van der Waals surface area contributed by atoms with Gasteiger partial charge in [0.15, 0.2) is 0 Å². The summed E-state index contributed by atoms with van der Waals surface area (Å²) in [7, 11) is 0. The van der Waals surface area contributed by atoms with Crippen molar-refractivity contribution in [3.63, 3.8) is 0 Å². The molecule has 7 heteroatoms. The molecule has 0 radical (unpaired) electrons. The van der Waals surface area contributed by atoms with Crippen LogP contribution in [0.2, 0.25) is 0 Å². The highest BCUT2D eigenvalue weighted by Crippen LogP contribution is 2.33. The third-order valence-electron chi connectivity index (χ3n) is 2.75. The zero-order valence-corrected chi connectivity index (χ0v) is 13.5. The van der Waals surface area contributed by atoms with Gasteiger partial charge in [0.2, 0.25) is 0 Å². The molecule has 0 bridgehead atoms. The minimum Gasteiger partial charge on any atom is -0.297 e. The fourth-order valence-corrected chi connectivity index (χ4v) is 3.59. The lowest BCUT2D eigenvalue weighted by atomic mass is 10.2. The van der Waals surface area contributed by atoms with Crippen LogP contribution in [0.1, 0.15) is 11.1 Å². The molecule has 2 rings (SSSR count). The first-order valence-corrected chi connectivity index (χ1v) is 8.52. The van der Waals surface area contributed by atoms with Gasteiger partial charge >= 0.3 is 0 Å². The van der Waals surface area contributed by atoms with Crippen LogP contribution in [-0.2, 0) is 11.5 Å². The summed E-state index contributed by atoms with van der Waals surface area (Å²) in [6.07, 6.45) is 2.16. The van der Waals surface area contributed by atoms with Crippen molar-refractivity contribution in [2.75, 3.05) is 0 Å². The zero-order chi connectivity index (χ0) is 16.7. The largest absolute Gasteiger partial charge is 0.297 e. The maximum Gasteiger partial charge on any atom is 0.123 e. The standard InChI is InChI=1S/C16H12F2NO2S2/c17-14-5-1-12(2-6-14)10-22-16(9-19(20)21)23-11-13-3-7-15(18)8-4-13/h1-8H,10-11H2/q-1. The van der Waals surface area contributed by atoms with Crippen molar-refractivity contribution in [1.29, 1.82) is 0 Å². The average Bonchev–Trinajstić information content (AvgIpc) is 2.52. The predicted molar refractivity (Wildman–Crippen MR) is 89.1 cm³/mol. The van der Waals surface area contributed by atoms with Crippen LogP contribution in [0.5, 0.6) is 0 Å². The van der Waals surface area contributed by atoms with Crippen LogP contribution in [0.15, 0.2) is 52.8 Å². The van der Waals surface area contributed by atoms with Gasteiger partial charge in [0.05, 0.1) is 0 Å². The third-order valence-corrected chi connectivity index (χ3v) is 5.12. The number of nitro groups is 1. The van der Waals surface area contributed by atoms with E-state index in [1.165, 1.54) is 47.8 Å². The van der Waals surface area contributed by atoms with Crippen molar-refractivity contribution in [1.82, 2.24) is 0 Å². The van der Waals surface area contributed by atoms with Crippen molar-refractivity contribution >= 4 is 23.5 Å². The minimum atomic E-state index is -0.620. The van der Waals surface area contributed by atoms with Gasteiger partial charge in [0, 0.05) is 11.5 Å². The van der Waals surface area contributed by atoms with Crippen LogP contribution in [-0.4, -0.2) is 4.92 Å². The predicted octanol–water partition coefficient (Wildman–Crippen LogP) is 5.01. The molecule has 0 fully saturated rings. The summed E-state index contributed by atoms with van der Waals surface area (Å²) in [5.74, 6) is 0.314. The molecule has 0 aliphatic rings. The molecule has 0 aliphatic heterocycles. The topological polar surface area (TPSA) is 43.1 Å². The zero-order valence-electron chi connectivity index (χ0n) is 11.9. The normalized spacial score (nSPS) is 10.3. The lowest BCUT2D eigenvalue weighted by Gasteiger charge is -2.12. The summed E-state index contributed by atoms with van der Waals surface area (Å²) in [5, 5.41) is 10.7. The Morgan fingerprint density at radius 3 is 1.65 bits per heavy atom. The summed E-state index contributed by atoms with van der Waals surface area (Å²) in [6, 6.07) is 11.9. The molecule has 0 atom stereocenters. The molecule has 0 heterocycles. The Morgan fingerprint density at radius 2 is 1.30 bits per heavy atom. The van der Waals surface area contributed by atoms with Crippen molar-refractivity contribution in [3.05, 3.63) is 91.8 Å². The SMILES string of the molecule is O=[N+]([O-])[C-]=C(SCc1ccc(F)cc1)SCc1ccc(F)cc1. The molecule has 0 saturated carbocycles. The van der Waals surface area contributed by atoms with E-state index < -0.39 is 4.92 Å². The fourth-order valence-electron chi connectivity index (χ4n) is 1.64. The lowest BCUT2D eigenvalue weighted by molar-refractivity contribution is -0.419. The highest BCUT2D eigenvalue weighted by molar-refractivity contribution is 8.21. The summed E-state index contributed by atoms with van der Waals surface area (Å²) >= 11 is 2.52. The van der Waals surface area contributed by atoms with E-state index in [4.69, 9.17) is 0 Å². The molecule has 0 spiro atoms. The third kappa shape index (κ3) is 6.42. The second kappa shape index (κ2) is 8.69. The van der Waals surface area contributed by atoms with Gasteiger partial charge in [-0.2, -0.15) is 0 Å². The molecule has 0 aliphatic carbocycles. The second-order valence-corrected chi connectivity index (χ2v) is 6.72. The van der Waals surface area contributed by atoms with Crippen LogP contribution in [0.25, 0.3) is 0 Å². The molecule has 23 heavy (non-hydrogen) atoms. The summed E-state index contributed by atoms with van der Waals surface area (Å²) < 4.78 is 26.1. The first-order valence-electron chi connectivity index (χ1n) is 6.55. The number of nitrogens with zero attached hydrogens (tertiary/aromatic N) is 1. The van der Waals surface area contributed by atoms with Gasteiger partial charge in [-0.1, -0.05) is 34.7 Å². The first kappa shape index (κ1) is 17.5. The Bertz CT molecular complexity index is 637. The molecule has 0 aromatic heterocycles. The molecule has 0 unspecified atom stereocenters. The molecule has 0 amide bonds. The van der Waals surface area contributed by atoms with Crippen LogP contribution in [0.4, 0.5) is 8.78 Å². The van der Waals surface area contributed by atoms with Crippen LogP contribution in [0, 0.1) is 27.9 Å². The number of hydrogen-bond donors (Lipinski definition) is 0. The van der Waals surface area contributed by atoms with Gasteiger partial charge in [0.1, 0.15) is 11.6 Å². The van der Waals surface area contributed by atoms with E-state index in [1.807, 2.05) is 0 Å². The highest BCUT2D eigenvalue weighted by Gasteiger charge is 2.00.